The highest BCUT2D eigenvalue weighted by Gasteiger charge is 2.16. The van der Waals surface area contributed by atoms with Gasteiger partial charge in [0.2, 0.25) is 0 Å². The van der Waals surface area contributed by atoms with Gasteiger partial charge in [-0.3, -0.25) is 9.59 Å². The maximum atomic E-state index is 12.0. The summed E-state index contributed by atoms with van der Waals surface area (Å²) in [5.41, 5.74) is 0. The van der Waals surface area contributed by atoms with Crippen molar-refractivity contribution in [3.63, 3.8) is 0 Å². The molecule has 0 aromatic heterocycles. The Labute approximate surface area is 313 Å². The van der Waals surface area contributed by atoms with Crippen LogP contribution in [0.1, 0.15) is 194 Å². The summed E-state index contributed by atoms with van der Waals surface area (Å²) in [6, 6.07) is 0. The van der Waals surface area contributed by atoms with E-state index in [4.69, 9.17) is 9.47 Å². The minimum absolute atomic E-state index is 0.0723. The van der Waals surface area contributed by atoms with E-state index in [0.29, 0.717) is 19.3 Å². The Morgan fingerprint density at radius 2 is 0.961 bits per heavy atom. The molecular weight excluding hydrogens is 640 g/mol. The SMILES string of the molecule is CCCCC/C=C\C/C=C\C/C=C\CC(O)C(O)CCCC(=O)OC[C@@H](O)COC(=O)CCCCCCCCCCCCCCCCCC(C)C. The molecule has 0 aliphatic heterocycles. The molecule has 0 amide bonds. The van der Waals surface area contributed by atoms with Crippen molar-refractivity contribution in [2.75, 3.05) is 13.2 Å². The molecule has 0 saturated carbocycles. The Bertz CT molecular complexity index is 866. The van der Waals surface area contributed by atoms with Crippen molar-refractivity contribution in [1.82, 2.24) is 0 Å². The van der Waals surface area contributed by atoms with Crippen LogP contribution in [0.5, 0.6) is 0 Å². The average molecular weight is 721 g/mol. The average Bonchev–Trinajstić information content (AvgIpc) is 3.11. The van der Waals surface area contributed by atoms with Crippen LogP contribution in [0.15, 0.2) is 36.5 Å². The van der Waals surface area contributed by atoms with Gasteiger partial charge in [-0.15, -0.1) is 0 Å². The number of ether oxygens (including phenoxy) is 2. The van der Waals surface area contributed by atoms with E-state index in [1.54, 1.807) is 0 Å². The first-order valence-corrected chi connectivity index (χ1v) is 21.1. The first-order valence-electron chi connectivity index (χ1n) is 21.1. The largest absolute Gasteiger partial charge is 0.463 e. The third-order valence-electron chi connectivity index (χ3n) is 9.26. The fourth-order valence-corrected chi connectivity index (χ4v) is 5.90. The van der Waals surface area contributed by atoms with Gasteiger partial charge < -0.3 is 24.8 Å². The van der Waals surface area contributed by atoms with E-state index >= 15 is 0 Å². The molecule has 0 radical (unpaired) electrons. The molecule has 0 aromatic carbocycles. The highest BCUT2D eigenvalue weighted by Crippen LogP contribution is 2.15. The normalized spacial score (nSPS) is 13.9. The smallest absolute Gasteiger partial charge is 0.305 e. The second-order valence-electron chi connectivity index (χ2n) is 14.9. The van der Waals surface area contributed by atoms with Crippen LogP contribution in [0.2, 0.25) is 0 Å². The maximum absolute atomic E-state index is 12.0. The summed E-state index contributed by atoms with van der Waals surface area (Å²) in [6.45, 7) is 6.38. The summed E-state index contributed by atoms with van der Waals surface area (Å²) in [4.78, 5) is 24.0. The van der Waals surface area contributed by atoms with Gasteiger partial charge in [-0.05, 0) is 57.3 Å². The van der Waals surface area contributed by atoms with E-state index < -0.39 is 24.3 Å². The number of hydrogen-bond donors (Lipinski definition) is 3. The Kier molecular flexibility index (Phi) is 36.3. The van der Waals surface area contributed by atoms with E-state index in [1.807, 2.05) is 12.2 Å². The van der Waals surface area contributed by atoms with Gasteiger partial charge in [0.15, 0.2) is 0 Å². The summed E-state index contributed by atoms with van der Waals surface area (Å²) in [6.07, 6.45) is 38.1. The maximum Gasteiger partial charge on any atom is 0.305 e. The molecule has 0 aliphatic carbocycles. The molecule has 2 unspecified atom stereocenters. The van der Waals surface area contributed by atoms with Crippen molar-refractivity contribution < 1.29 is 34.4 Å². The number of allylic oxidation sites excluding steroid dienone is 5. The third kappa shape index (κ3) is 37.6. The molecule has 7 nitrogen and oxygen atoms in total. The zero-order valence-electron chi connectivity index (χ0n) is 33.3. The van der Waals surface area contributed by atoms with Crippen LogP contribution in [0.4, 0.5) is 0 Å². The predicted octanol–water partition coefficient (Wildman–Crippen LogP) is 11.0. The van der Waals surface area contributed by atoms with Crippen LogP contribution in [0.3, 0.4) is 0 Å². The number of carbonyl (C=O) groups excluding carboxylic acids is 2. The Morgan fingerprint density at radius 3 is 1.47 bits per heavy atom. The fourth-order valence-electron chi connectivity index (χ4n) is 5.90. The second kappa shape index (κ2) is 37.8. The molecule has 3 atom stereocenters. The Hall–Kier alpha value is -1.96. The number of esters is 2. The van der Waals surface area contributed by atoms with Gasteiger partial charge in [-0.1, -0.05) is 166 Å². The van der Waals surface area contributed by atoms with Crippen molar-refractivity contribution in [1.29, 1.82) is 0 Å². The van der Waals surface area contributed by atoms with Crippen molar-refractivity contribution >= 4 is 11.9 Å². The topological polar surface area (TPSA) is 113 Å². The van der Waals surface area contributed by atoms with Crippen molar-refractivity contribution in [3.8, 4) is 0 Å². The van der Waals surface area contributed by atoms with Gasteiger partial charge in [-0.25, -0.2) is 0 Å². The molecule has 3 N–H and O–H groups in total. The minimum atomic E-state index is -1.07. The van der Waals surface area contributed by atoms with E-state index in [0.717, 1.165) is 44.4 Å². The summed E-state index contributed by atoms with van der Waals surface area (Å²) in [5.74, 6) is 0.00899. The molecule has 7 heteroatoms. The van der Waals surface area contributed by atoms with Gasteiger partial charge in [-0.2, -0.15) is 0 Å². The summed E-state index contributed by atoms with van der Waals surface area (Å²) >= 11 is 0. The van der Waals surface area contributed by atoms with E-state index in [1.165, 1.54) is 103 Å². The van der Waals surface area contributed by atoms with Gasteiger partial charge in [0.1, 0.15) is 19.3 Å². The molecule has 0 saturated heterocycles. The van der Waals surface area contributed by atoms with E-state index in [-0.39, 0.29) is 32.0 Å². The lowest BCUT2D eigenvalue weighted by Gasteiger charge is -2.16. The Morgan fingerprint density at radius 1 is 0.510 bits per heavy atom. The number of carbonyl (C=O) groups is 2. The van der Waals surface area contributed by atoms with E-state index in [9.17, 15) is 24.9 Å². The first kappa shape index (κ1) is 49.0. The number of aliphatic hydroxyl groups is 3. The zero-order valence-corrected chi connectivity index (χ0v) is 33.3. The van der Waals surface area contributed by atoms with Crippen LogP contribution in [0.25, 0.3) is 0 Å². The molecule has 0 aromatic rings. The van der Waals surface area contributed by atoms with Gasteiger partial charge in [0.25, 0.3) is 0 Å². The van der Waals surface area contributed by atoms with Crippen molar-refractivity contribution in [2.45, 2.75) is 212 Å². The molecule has 298 valence electrons. The monoisotopic (exact) mass is 721 g/mol. The molecule has 0 fully saturated rings. The standard InChI is InChI=1S/C44H80O7/c1-4-5-6-7-8-9-10-17-20-23-26-29-33-41(46)42(47)34-31-36-44(49)51-38-40(45)37-50-43(48)35-30-27-24-21-18-15-13-11-12-14-16-19-22-25-28-32-39(2)3/h8-9,17,20,26,29,39-42,45-47H,4-7,10-16,18-19,21-25,27-28,30-38H2,1-3H3/b9-8-,20-17-,29-26-/t40-,41?,42?/m0/s1. The molecule has 0 aliphatic rings. The highest BCUT2D eigenvalue weighted by molar-refractivity contribution is 5.69. The number of unbranched alkanes of at least 4 members (excludes halogenated alkanes) is 17. The third-order valence-corrected chi connectivity index (χ3v) is 9.26. The molecular formula is C44H80O7. The van der Waals surface area contributed by atoms with Crippen LogP contribution >= 0.6 is 0 Å². The first-order chi connectivity index (χ1) is 24.8. The molecule has 0 spiro atoms. The lowest BCUT2D eigenvalue weighted by Crippen LogP contribution is -2.26. The molecule has 51 heavy (non-hydrogen) atoms. The number of rotatable bonds is 37. The zero-order chi connectivity index (χ0) is 37.6. The molecule has 0 bridgehead atoms. The summed E-state index contributed by atoms with van der Waals surface area (Å²) in [5, 5.41) is 30.4. The summed E-state index contributed by atoms with van der Waals surface area (Å²) < 4.78 is 10.2. The van der Waals surface area contributed by atoms with E-state index in [2.05, 4.69) is 45.1 Å². The summed E-state index contributed by atoms with van der Waals surface area (Å²) in [7, 11) is 0. The Balaban J connectivity index is 3.63. The molecule has 0 rings (SSSR count). The van der Waals surface area contributed by atoms with Crippen LogP contribution in [-0.4, -0.2) is 58.8 Å². The quantitative estimate of drug-likeness (QED) is 0.0332. The molecule has 0 heterocycles. The van der Waals surface area contributed by atoms with Crippen molar-refractivity contribution in [3.05, 3.63) is 36.5 Å². The highest BCUT2D eigenvalue weighted by atomic mass is 16.6. The van der Waals surface area contributed by atoms with Gasteiger partial charge >= 0.3 is 11.9 Å². The van der Waals surface area contributed by atoms with Gasteiger partial charge in [0, 0.05) is 12.8 Å². The minimum Gasteiger partial charge on any atom is -0.463 e. The number of hydrogen-bond acceptors (Lipinski definition) is 7. The van der Waals surface area contributed by atoms with Crippen LogP contribution in [-0.2, 0) is 19.1 Å². The van der Waals surface area contributed by atoms with Crippen molar-refractivity contribution in [2.24, 2.45) is 5.92 Å². The lowest BCUT2D eigenvalue weighted by atomic mass is 10.0. The van der Waals surface area contributed by atoms with Crippen LogP contribution < -0.4 is 0 Å². The van der Waals surface area contributed by atoms with Crippen LogP contribution in [0, 0.1) is 5.92 Å². The van der Waals surface area contributed by atoms with Gasteiger partial charge in [0.05, 0.1) is 12.2 Å². The lowest BCUT2D eigenvalue weighted by molar-refractivity contribution is -0.152. The predicted molar refractivity (Wildman–Crippen MR) is 213 cm³/mol. The number of aliphatic hydroxyl groups excluding tert-OH is 3. The fraction of sp³-hybridized carbons (Fsp3) is 0.818. The second-order valence-corrected chi connectivity index (χ2v) is 14.9.